The van der Waals surface area contributed by atoms with Gasteiger partial charge in [0.2, 0.25) is 11.6 Å². The van der Waals surface area contributed by atoms with Crippen LogP contribution in [0, 0.1) is 23.7 Å². The fourth-order valence-corrected chi connectivity index (χ4v) is 8.24. The molecule has 5 atom stereocenters. The van der Waals surface area contributed by atoms with Crippen LogP contribution < -0.4 is 5.32 Å². The summed E-state index contributed by atoms with van der Waals surface area (Å²) in [5.41, 5.74) is 3.67. The minimum Gasteiger partial charge on any atom is -0.450 e. The smallest absolute Gasteiger partial charge is 0.409 e. The van der Waals surface area contributed by atoms with Gasteiger partial charge in [0.1, 0.15) is 0 Å². The van der Waals surface area contributed by atoms with E-state index in [1.54, 1.807) is 18.0 Å². The summed E-state index contributed by atoms with van der Waals surface area (Å²) in [7, 11) is 0. The van der Waals surface area contributed by atoms with E-state index in [4.69, 9.17) is 9.26 Å². The van der Waals surface area contributed by atoms with Crippen molar-refractivity contribution >= 4 is 23.6 Å². The second-order valence-electron chi connectivity index (χ2n) is 12.6. The maximum Gasteiger partial charge on any atom is 0.409 e. The number of amides is 1. The number of fused-ring (bicyclic) bond motifs is 1. The van der Waals surface area contributed by atoms with Crippen molar-refractivity contribution in [2.75, 3.05) is 25.0 Å². The molecule has 4 bridgehead atoms. The van der Waals surface area contributed by atoms with E-state index in [0.29, 0.717) is 49.8 Å². The number of hydrogen-bond acceptors (Lipinski definition) is 9. The van der Waals surface area contributed by atoms with Crippen molar-refractivity contribution in [1.82, 2.24) is 20.0 Å². The molecule has 1 aliphatic heterocycles. The number of aliphatic hydroxyl groups excluding tert-OH is 1. The van der Waals surface area contributed by atoms with Gasteiger partial charge >= 0.3 is 6.09 Å². The zero-order valence-electron chi connectivity index (χ0n) is 23.0. The molecule has 1 amide bonds. The van der Waals surface area contributed by atoms with E-state index in [0.717, 1.165) is 73.9 Å². The number of aliphatic hydroxyl groups is 1. The molecule has 0 radical (unpaired) electrons. The van der Waals surface area contributed by atoms with Crippen molar-refractivity contribution in [3.05, 3.63) is 29.4 Å². The third kappa shape index (κ3) is 4.50. The van der Waals surface area contributed by atoms with E-state index in [2.05, 4.69) is 32.6 Å². The van der Waals surface area contributed by atoms with E-state index >= 15 is 0 Å². The molecule has 2 aromatic heterocycles. The third-order valence-electron chi connectivity index (χ3n) is 9.93. The summed E-state index contributed by atoms with van der Waals surface area (Å²) in [6, 6.07) is 0. The quantitative estimate of drug-likeness (QED) is 0.481. The molecule has 2 aromatic rings. The van der Waals surface area contributed by atoms with Gasteiger partial charge in [0.05, 0.1) is 29.7 Å². The molecule has 3 heterocycles. The molecule has 8 rings (SSSR count). The highest BCUT2D eigenvalue weighted by atomic mass is 16.6. The molecule has 40 heavy (non-hydrogen) atoms. The average Bonchev–Trinajstić information content (AvgIpc) is 3.62. The van der Waals surface area contributed by atoms with Crippen LogP contribution in [0.5, 0.6) is 0 Å². The van der Waals surface area contributed by atoms with Gasteiger partial charge in [-0.15, -0.1) is 0 Å². The predicted molar refractivity (Wildman–Crippen MR) is 146 cm³/mol. The van der Waals surface area contributed by atoms with Gasteiger partial charge in [0.15, 0.2) is 0 Å². The van der Waals surface area contributed by atoms with Gasteiger partial charge in [-0.3, -0.25) is 9.78 Å². The number of carbonyl (C=O) groups excluding carboxylic acids is 2. The molecule has 0 spiro atoms. The highest BCUT2D eigenvalue weighted by molar-refractivity contribution is 5.93. The highest BCUT2D eigenvalue weighted by Crippen LogP contribution is 2.57. The lowest BCUT2D eigenvalue weighted by atomic mass is 9.51. The number of carbonyl (C=O) groups is 2. The third-order valence-corrected chi connectivity index (χ3v) is 9.93. The molecular weight excluding hydrogens is 510 g/mol. The van der Waals surface area contributed by atoms with Crippen molar-refractivity contribution < 1.29 is 24.0 Å². The molecule has 5 aliphatic carbocycles. The van der Waals surface area contributed by atoms with Crippen LogP contribution in [0.2, 0.25) is 0 Å². The fourth-order valence-electron chi connectivity index (χ4n) is 8.24. The summed E-state index contributed by atoms with van der Waals surface area (Å²) in [4.78, 5) is 36.0. The molecule has 10 heteroatoms. The number of Topliss-reactive ketones (excluding diaryl/α,β-unsaturated/α-hetero) is 1. The van der Waals surface area contributed by atoms with E-state index < -0.39 is 0 Å². The Labute approximate surface area is 233 Å². The summed E-state index contributed by atoms with van der Waals surface area (Å²) >= 11 is 0. The Hall–Kier alpha value is -3.27. The first-order valence-corrected chi connectivity index (χ1v) is 14.8. The van der Waals surface area contributed by atoms with Crippen molar-refractivity contribution in [1.29, 1.82) is 0 Å². The van der Waals surface area contributed by atoms with Crippen LogP contribution in [-0.4, -0.2) is 68.3 Å². The molecule has 5 fully saturated rings. The van der Waals surface area contributed by atoms with Crippen LogP contribution in [0.15, 0.2) is 16.8 Å². The Morgan fingerprint density at radius 2 is 1.98 bits per heavy atom. The minimum atomic E-state index is -0.290. The van der Waals surface area contributed by atoms with Gasteiger partial charge in [-0.05, 0) is 75.5 Å². The van der Waals surface area contributed by atoms with Gasteiger partial charge < -0.3 is 24.6 Å². The van der Waals surface area contributed by atoms with E-state index in [-0.39, 0.29) is 35.3 Å². The molecule has 212 valence electrons. The summed E-state index contributed by atoms with van der Waals surface area (Å²) < 4.78 is 10.8. The van der Waals surface area contributed by atoms with E-state index in [1.807, 2.05) is 0 Å². The van der Waals surface area contributed by atoms with E-state index in [1.165, 1.54) is 0 Å². The topological polar surface area (TPSA) is 131 Å². The molecule has 10 nitrogen and oxygen atoms in total. The second kappa shape index (κ2) is 9.98. The molecule has 6 aliphatic rings. The van der Waals surface area contributed by atoms with Crippen molar-refractivity contribution in [2.24, 2.45) is 23.7 Å². The van der Waals surface area contributed by atoms with Crippen molar-refractivity contribution in [3.63, 3.8) is 0 Å². The van der Waals surface area contributed by atoms with Gasteiger partial charge in [0, 0.05) is 43.2 Å². The number of nitrogens with one attached hydrogen (secondary N) is 1. The number of aromatic nitrogens is 3. The first-order valence-electron chi connectivity index (χ1n) is 14.8. The number of ether oxygens (including phenoxy) is 1. The van der Waals surface area contributed by atoms with Crippen molar-refractivity contribution in [3.8, 4) is 11.5 Å². The maximum atomic E-state index is 13.1. The second-order valence-corrected chi connectivity index (χ2v) is 12.6. The SMILES string of the molecule is CCOC(=O)N1CCC(CC(=O)c2noc(-c3cnc4c(c3NC35CC6C[C@H](C3)C(O)[C@@H](C6)C5)C=CC4)n2)CC1. The van der Waals surface area contributed by atoms with Gasteiger partial charge in [0.25, 0.3) is 5.89 Å². The number of allylic oxidation sites excluding steroid dienone is 1. The Balaban J connectivity index is 1.09. The van der Waals surface area contributed by atoms with Crippen molar-refractivity contribution in [2.45, 2.75) is 76.4 Å². The number of nitrogens with zero attached hydrogens (tertiary/aromatic N) is 4. The predicted octanol–water partition coefficient (Wildman–Crippen LogP) is 4.49. The zero-order valence-corrected chi connectivity index (χ0v) is 23.0. The summed E-state index contributed by atoms with van der Waals surface area (Å²) in [6.07, 6.45) is 13.4. The molecule has 3 unspecified atom stereocenters. The molecule has 2 N–H and O–H groups in total. The van der Waals surface area contributed by atoms with Gasteiger partial charge in [-0.1, -0.05) is 17.3 Å². The Bertz CT molecular complexity index is 1330. The molecule has 0 aromatic carbocycles. The summed E-state index contributed by atoms with van der Waals surface area (Å²) in [6.45, 7) is 3.32. The molecular formula is C30H37N5O5. The van der Waals surface area contributed by atoms with Crippen LogP contribution in [0.4, 0.5) is 10.5 Å². The number of anilines is 1. The fraction of sp³-hybridized carbons (Fsp3) is 0.633. The number of hydrogen-bond donors (Lipinski definition) is 2. The number of rotatable bonds is 7. The van der Waals surface area contributed by atoms with Crippen LogP contribution in [-0.2, 0) is 11.2 Å². The highest BCUT2D eigenvalue weighted by Gasteiger charge is 2.55. The Morgan fingerprint density at radius 3 is 2.73 bits per heavy atom. The lowest BCUT2D eigenvalue weighted by Gasteiger charge is -2.59. The Morgan fingerprint density at radius 1 is 1.20 bits per heavy atom. The zero-order chi connectivity index (χ0) is 27.4. The first-order chi connectivity index (χ1) is 19.4. The molecule has 4 saturated carbocycles. The Kier molecular flexibility index (Phi) is 6.40. The van der Waals surface area contributed by atoms with Crippen LogP contribution in [0.1, 0.15) is 80.2 Å². The van der Waals surface area contributed by atoms with Crippen LogP contribution in [0.25, 0.3) is 17.5 Å². The number of piperidine rings is 1. The summed E-state index contributed by atoms with van der Waals surface area (Å²) in [5, 5.41) is 18.8. The average molecular weight is 548 g/mol. The monoisotopic (exact) mass is 547 g/mol. The molecule has 1 saturated heterocycles. The standard InChI is InChI=1S/C30H37N5O5/c1-2-39-29(38)35-8-6-17(7-9-35)12-24(36)27-32-28(40-34-27)22-16-31-23-5-3-4-21(23)25(22)33-30-13-18-10-19(14-30)26(37)20(11-18)15-30/h3-4,16-20,26,37H,2,5-15H2,1H3,(H,31,33)/t18?,19-,20+,26?,30?. The van der Waals surface area contributed by atoms with Gasteiger partial charge in [-0.25, -0.2) is 4.79 Å². The van der Waals surface area contributed by atoms with Gasteiger partial charge in [-0.2, -0.15) is 4.98 Å². The largest absolute Gasteiger partial charge is 0.450 e. The number of pyridine rings is 1. The lowest BCUT2D eigenvalue weighted by molar-refractivity contribution is -0.0960. The normalized spacial score (nSPS) is 30.5. The number of ketones is 1. The van der Waals surface area contributed by atoms with E-state index in [9.17, 15) is 14.7 Å². The lowest BCUT2D eigenvalue weighted by Crippen LogP contribution is -2.60. The minimum absolute atomic E-state index is 0.0624. The maximum absolute atomic E-state index is 13.1. The number of likely N-dealkylation sites (tertiary alicyclic amines) is 1. The van der Waals surface area contributed by atoms with Crippen LogP contribution >= 0.6 is 0 Å². The summed E-state index contributed by atoms with van der Waals surface area (Å²) in [5.74, 6) is 1.75. The first kappa shape index (κ1) is 25.7. The van der Waals surface area contributed by atoms with Crippen LogP contribution in [0.3, 0.4) is 0 Å².